The molecule has 5 heteroatoms. The second kappa shape index (κ2) is 6.12. The number of Topliss-reactive ketones (excluding diaryl/α,β-unsaturated/α-hetero) is 2. The molecule has 4 aliphatic rings. The van der Waals surface area contributed by atoms with E-state index in [0.717, 1.165) is 25.8 Å². The van der Waals surface area contributed by atoms with E-state index in [0.29, 0.717) is 25.0 Å². The Morgan fingerprint density at radius 1 is 1.14 bits per heavy atom. The van der Waals surface area contributed by atoms with Crippen LogP contribution in [0.4, 0.5) is 0 Å². The van der Waals surface area contributed by atoms with Gasteiger partial charge in [0.05, 0.1) is 17.6 Å². The molecule has 2 bridgehead atoms. The number of rotatable bonds is 3. The zero-order valence-electron chi connectivity index (χ0n) is 18.4. The van der Waals surface area contributed by atoms with Crippen LogP contribution in [-0.2, 0) is 14.3 Å². The van der Waals surface area contributed by atoms with Gasteiger partial charge in [-0.3, -0.25) is 9.59 Å². The van der Waals surface area contributed by atoms with Gasteiger partial charge < -0.3 is 14.7 Å². The molecule has 158 valence electrons. The highest BCUT2D eigenvalue weighted by Gasteiger charge is 2.76. The average molecular weight is 392 g/mol. The third kappa shape index (κ3) is 2.24. The van der Waals surface area contributed by atoms with Crippen LogP contribution in [0.5, 0.6) is 0 Å². The lowest BCUT2D eigenvalue weighted by Crippen LogP contribution is -2.68. The van der Waals surface area contributed by atoms with Crippen molar-refractivity contribution in [3.05, 3.63) is 0 Å². The second-order valence-corrected chi connectivity index (χ2v) is 11.3. The maximum Gasteiger partial charge on any atom is 0.152 e. The zero-order chi connectivity index (χ0) is 20.7. The minimum Gasteiger partial charge on any atom is -0.392 e. The molecule has 0 saturated heterocycles. The SMILES string of the molecule is COC1CC2(CN(C)C)CCC3C1(C2=O)[C@H](O)C[C@@H]1C(C)(C)C(=O)CC[C@@]31C. The predicted octanol–water partition coefficient (Wildman–Crippen LogP) is 2.69. The maximum atomic E-state index is 14.1. The average Bonchev–Trinajstić information content (AvgIpc) is 2.75. The van der Waals surface area contributed by atoms with Gasteiger partial charge in [0.25, 0.3) is 0 Å². The van der Waals surface area contributed by atoms with Gasteiger partial charge in [0.1, 0.15) is 5.78 Å². The molecule has 1 spiro atoms. The minimum absolute atomic E-state index is 0.0800. The molecule has 28 heavy (non-hydrogen) atoms. The quantitative estimate of drug-likeness (QED) is 0.801. The van der Waals surface area contributed by atoms with Gasteiger partial charge in [0.15, 0.2) is 5.78 Å². The van der Waals surface area contributed by atoms with Crippen molar-refractivity contribution in [3.63, 3.8) is 0 Å². The third-order valence-corrected chi connectivity index (χ3v) is 9.46. The van der Waals surface area contributed by atoms with Gasteiger partial charge in [0.2, 0.25) is 0 Å². The van der Waals surface area contributed by atoms with E-state index < -0.39 is 22.3 Å². The Morgan fingerprint density at radius 2 is 1.82 bits per heavy atom. The highest BCUT2D eigenvalue weighted by atomic mass is 16.5. The van der Waals surface area contributed by atoms with Crippen molar-refractivity contribution in [2.24, 2.45) is 33.5 Å². The summed E-state index contributed by atoms with van der Waals surface area (Å²) in [7, 11) is 5.74. The van der Waals surface area contributed by atoms with E-state index in [1.807, 2.05) is 27.9 Å². The molecule has 5 nitrogen and oxygen atoms in total. The molecule has 4 fully saturated rings. The number of aliphatic hydroxyl groups excluding tert-OH is 1. The monoisotopic (exact) mass is 391 g/mol. The van der Waals surface area contributed by atoms with Gasteiger partial charge in [-0.25, -0.2) is 0 Å². The molecule has 0 aliphatic heterocycles. The van der Waals surface area contributed by atoms with Crippen molar-refractivity contribution in [3.8, 4) is 0 Å². The Labute approximate surface area is 169 Å². The van der Waals surface area contributed by atoms with Crippen LogP contribution < -0.4 is 0 Å². The Bertz CT molecular complexity index is 703. The fourth-order valence-corrected chi connectivity index (χ4v) is 8.35. The highest BCUT2D eigenvalue weighted by molar-refractivity contribution is 5.96. The first-order valence-electron chi connectivity index (χ1n) is 10.9. The minimum atomic E-state index is -0.815. The molecular formula is C23H37NO4. The maximum absolute atomic E-state index is 14.1. The van der Waals surface area contributed by atoms with E-state index in [9.17, 15) is 14.7 Å². The summed E-state index contributed by atoms with van der Waals surface area (Å²) in [4.78, 5) is 28.9. The Kier molecular flexibility index (Phi) is 4.48. The number of methoxy groups -OCH3 is 1. The number of hydrogen-bond donors (Lipinski definition) is 1. The molecule has 0 aromatic carbocycles. The fourth-order valence-electron chi connectivity index (χ4n) is 8.35. The zero-order valence-corrected chi connectivity index (χ0v) is 18.4. The van der Waals surface area contributed by atoms with Crippen molar-refractivity contribution in [1.29, 1.82) is 0 Å². The number of carbonyl (C=O) groups is 2. The van der Waals surface area contributed by atoms with Crippen molar-refractivity contribution >= 4 is 11.6 Å². The number of ketones is 2. The summed E-state index contributed by atoms with van der Waals surface area (Å²) in [6.45, 7) is 7.11. The normalized spacial score (nSPS) is 49.9. The summed E-state index contributed by atoms with van der Waals surface area (Å²) in [5.74, 6) is 0.728. The molecule has 0 aromatic heterocycles. The van der Waals surface area contributed by atoms with Crippen molar-refractivity contribution in [1.82, 2.24) is 4.90 Å². The molecule has 0 heterocycles. The standard InChI is InChI=1S/C23H37NO4/c1-20(2)15-11-17(26)23-14(21(15,3)9-8-16(20)25)7-10-22(19(23)27,13-24(4)5)12-18(23)28-6/h14-15,17-18,26H,7-13H2,1-6H3/t14?,15-,17-,18?,21+,22?,23?/m1/s1. The summed E-state index contributed by atoms with van der Waals surface area (Å²) >= 11 is 0. The number of aliphatic hydroxyl groups is 1. The fraction of sp³-hybridized carbons (Fsp3) is 0.913. The molecule has 4 saturated carbocycles. The van der Waals surface area contributed by atoms with Crippen LogP contribution in [0.25, 0.3) is 0 Å². The van der Waals surface area contributed by atoms with Crippen molar-refractivity contribution in [2.75, 3.05) is 27.7 Å². The van der Waals surface area contributed by atoms with Crippen LogP contribution >= 0.6 is 0 Å². The Morgan fingerprint density at radius 3 is 2.43 bits per heavy atom. The van der Waals surface area contributed by atoms with Crippen LogP contribution in [0, 0.1) is 33.5 Å². The number of carbonyl (C=O) groups excluding carboxylic acids is 2. The summed E-state index contributed by atoms with van der Waals surface area (Å²) in [6, 6.07) is 0. The molecule has 0 amide bonds. The largest absolute Gasteiger partial charge is 0.392 e. The van der Waals surface area contributed by atoms with E-state index in [1.165, 1.54) is 0 Å². The summed E-state index contributed by atoms with van der Waals surface area (Å²) in [5, 5.41) is 11.5. The molecule has 0 aromatic rings. The molecular weight excluding hydrogens is 354 g/mol. The first kappa shape index (κ1) is 20.5. The van der Waals surface area contributed by atoms with Crippen LogP contribution in [-0.4, -0.2) is 61.5 Å². The van der Waals surface area contributed by atoms with Crippen molar-refractivity contribution in [2.45, 2.75) is 71.5 Å². The van der Waals surface area contributed by atoms with E-state index in [-0.39, 0.29) is 29.1 Å². The van der Waals surface area contributed by atoms with Gasteiger partial charge in [-0.2, -0.15) is 0 Å². The molecule has 0 radical (unpaired) electrons. The van der Waals surface area contributed by atoms with E-state index >= 15 is 0 Å². The predicted molar refractivity (Wildman–Crippen MR) is 107 cm³/mol. The number of nitrogens with zero attached hydrogens (tertiary/aromatic N) is 1. The highest BCUT2D eigenvalue weighted by Crippen LogP contribution is 2.72. The van der Waals surface area contributed by atoms with E-state index in [4.69, 9.17) is 4.74 Å². The van der Waals surface area contributed by atoms with Gasteiger partial charge >= 0.3 is 0 Å². The topological polar surface area (TPSA) is 66.8 Å². The van der Waals surface area contributed by atoms with Crippen LogP contribution in [0.15, 0.2) is 0 Å². The van der Waals surface area contributed by atoms with Crippen LogP contribution in [0.2, 0.25) is 0 Å². The second-order valence-electron chi connectivity index (χ2n) is 11.3. The molecule has 4 aliphatic carbocycles. The number of fused-ring (bicyclic) bond motifs is 3. The van der Waals surface area contributed by atoms with Crippen molar-refractivity contribution < 1.29 is 19.4 Å². The van der Waals surface area contributed by atoms with Gasteiger partial charge in [-0.05, 0) is 63.5 Å². The molecule has 4 unspecified atom stereocenters. The smallest absolute Gasteiger partial charge is 0.152 e. The first-order chi connectivity index (χ1) is 13.0. The Balaban J connectivity index is 1.84. The van der Waals surface area contributed by atoms with Gasteiger partial charge in [-0.1, -0.05) is 20.8 Å². The van der Waals surface area contributed by atoms with Gasteiger partial charge in [-0.15, -0.1) is 0 Å². The lowest BCUT2D eigenvalue weighted by molar-refractivity contribution is -0.218. The van der Waals surface area contributed by atoms with E-state index in [1.54, 1.807) is 7.11 Å². The summed E-state index contributed by atoms with van der Waals surface area (Å²) < 4.78 is 5.96. The third-order valence-electron chi connectivity index (χ3n) is 9.46. The molecule has 7 atom stereocenters. The lowest BCUT2D eigenvalue weighted by Gasteiger charge is -2.65. The van der Waals surface area contributed by atoms with Crippen LogP contribution in [0.1, 0.15) is 59.3 Å². The molecule has 1 N–H and O–H groups in total. The number of hydrogen-bond acceptors (Lipinski definition) is 5. The van der Waals surface area contributed by atoms with E-state index in [2.05, 4.69) is 11.8 Å². The summed E-state index contributed by atoms with van der Waals surface area (Å²) in [6.07, 6.45) is 3.46. The Hall–Kier alpha value is -0.780. The lowest BCUT2D eigenvalue weighted by atomic mass is 9.39. The first-order valence-corrected chi connectivity index (χ1v) is 10.9. The van der Waals surface area contributed by atoms with Crippen LogP contribution in [0.3, 0.4) is 0 Å². The molecule has 4 rings (SSSR count). The summed E-state index contributed by atoms with van der Waals surface area (Å²) in [5.41, 5.74) is -1.79. The van der Waals surface area contributed by atoms with Gasteiger partial charge in [0, 0.05) is 30.9 Å². The number of ether oxygens (including phenoxy) is 1.